The molecule has 10 heteroatoms. The van der Waals surface area contributed by atoms with Gasteiger partial charge in [0.2, 0.25) is 21.8 Å². The lowest BCUT2D eigenvalue weighted by atomic mass is 10.0. The smallest absolute Gasteiger partial charge is 0.243 e. The second kappa shape index (κ2) is 15.9. The number of amides is 2. The highest BCUT2D eigenvalue weighted by atomic mass is 35.5. The molecule has 0 spiro atoms. The monoisotopic (exact) mass is 651 g/mol. The van der Waals surface area contributed by atoms with Gasteiger partial charge in [-0.15, -0.1) is 0 Å². The molecular formula is C34H35Cl2N3O4S. The Labute approximate surface area is 269 Å². The van der Waals surface area contributed by atoms with Crippen molar-refractivity contribution in [3.63, 3.8) is 0 Å². The number of carbonyl (C=O) groups excluding carboxylic acids is 2. The zero-order chi connectivity index (χ0) is 31.5. The van der Waals surface area contributed by atoms with E-state index in [1.165, 1.54) is 12.1 Å². The van der Waals surface area contributed by atoms with Crippen molar-refractivity contribution in [2.75, 3.05) is 6.54 Å². The van der Waals surface area contributed by atoms with E-state index in [0.29, 0.717) is 22.9 Å². The average molecular weight is 653 g/mol. The molecule has 44 heavy (non-hydrogen) atoms. The zero-order valence-corrected chi connectivity index (χ0v) is 26.7. The molecule has 0 aromatic heterocycles. The van der Waals surface area contributed by atoms with E-state index in [9.17, 15) is 18.0 Å². The first-order valence-corrected chi connectivity index (χ1v) is 16.6. The van der Waals surface area contributed by atoms with Crippen LogP contribution >= 0.6 is 23.2 Å². The van der Waals surface area contributed by atoms with E-state index >= 15 is 0 Å². The van der Waals surface area contributed by atoms with Gasteiger partial charge in [0.05, 0.1) is 4.90 Å². The minimum Gasteiger partial charge on any atom is -0.350 e. The topological polar surface area (TPSA) is 95.6 Å². The predicted octanol–water partition coefficient (Wildman–Crippen LogP) is 6.18. The van der Waals surface area contributed by atoms with Crippen molar-refractivity contribution in [1.29, 1.82) is 0 Å². The first kappa shape index (κ1) is 33.2. The molecule has 2 N–H and O–H groups in total. The SMILES string of the molecule is CCNS(=O)(=O)c1ccc(CCC(=O)N(Cc2ccc(Cl)cc2)[C@H](Cc2ccccc2)C(=O)NCc2ccccc2Cl)cc1. The molecule has 4 aromatic carbocycles. The third-order valence-corrected chi connectivity index (χ3v) is 9.33. The van der Waals surface area contributed by atoms with Crippen LogP contribution in [0, 0.1) is 0 Å². The lowest BCUT2D eigenvalue weighted by Crippen LogP contribution is -2.50. The molecule has 0 fully saturated rings. The van der Waals surface area contributed by atoms with Crippen LogP contribution < -0.4 is 10.0 Å². The van der Waals surface area contributed by atoms with Gasteiger partial charge >= 0.3 is 0 Å². The minimum atomic E-state index is -3.58. The van der Waals surface area contributed by atoms with Crippen LogP contribution in [0.5, 0.6) is 0 Å². The molecule has 0 aliphatic rings. The second-order valence-electron chi connectivity index (χ2n) is 10.3. The highest BCUT2D eigenvalue weighted by Gasteiger charge is 2.30. The summed E-state index contributed by atoms with van der Waals surface area (Å²) in [6.45, 7) is 2.43. The number of sulfonamides is 1. The summed E-state index contributed by atoms with van der Waals surface area (Å²) in [6, 6.07) is 29.7. The average Bonchev–Trinajstić information content (AvgIpc) is 3.02. The van der Waals surface area contributed by atoms with Gasteiger partial charge in [-0.3, -0.25) is 9.59 Å². The van der Waals surface area contributed by atoms with E-state index in [-0.39, 0.29) is 42.8 Å². The van der Waals surface area contributed by atoms with Gasteiger partial charge < -0.3 is 10.2 Å². The standard InChI is InChI=1S/C34H35Cl2N3O4S/c1-2-38-44(42,43)30-19-14-25(15-20-30)16-21-33(40)39(24-27-12-17-29(35)18-13-27)32(22-26-8-4-3-5-9-26)34(41)37-23-28-10-6-7-11-31(28)36/h3-15,17-20,32,38H,2,16,21-24H2,1H3,(H,37,41)/t32-/m1/s1. The van der Waals surface area contributed by atoms with Crippen molar-refractivity contribution < 1.29 is 18.0 Å². The van der Waals surface area contributed by atoms with Crippen molar-refractivity contribution in [1.82, 2.24) is 14.9 Å². The summed E-state index contributed by atoms with van der Waals surface area (Å²) in [7, 11) is -3.58. The first-order valence-electron chi connectivity index (χ1n) is 14.3. The molecule has 0 aliphatic carbocycles. The Bertz CT molecular complexity index is 1650. The first-order chi connectivity index (χ1) is 21.2. The Balaban J connectivity index is 1.59. The maximum Gasteiger partial charge on any atom is 0.243 e. The summed E-state index contributed by atoms with van der Waals surface area (Å²) < 4.78 is 27.1. The molecule has 0 saturated carbocycles. The number of nitrogens with one attached hydrogen (secondary N) is 2. The Hall–Kier alpha value is -3.69. The predicted molar refractivity (Wildman–Crippen MR) is 175 cm³/mol. The normalized spacial score (nSPS) is 12.0. The maximum absolute atomic E-state index is 14.0. The van der Waals surface area contributed by atoms with Crippen LogP contribution in [0.2, 0.25) is 10.0 Å². The Kier molecular flexibility index (Phi) is 12.0. The molecule has 2 amide bonds. The van der Waals surface area contributed by atoms with E-state index < -0.39 is 16.1 Å². The van der Waals surface area contributed by atoms with Crippen molar-refractivity contribution in [2.24, 2.45) is 0 Å². The van der Waals surface area contributed by atoms with Crippen LogP contribution in [-0.4, -0.2) is 37.7 Å². The Morgan fingerprint density at radius 3 is 2.09 bits per heavy atom. The molecule has 0 unspecified atom stereocenters. The molecule has 4 aromatic rings. The molecule has 0 heterocycles. The summed E-state index contributed by atoms with van der Waals surface area (Å²) in [6.07, 6.45) is 0.804. The van der Waals surface area contributed by atoms with E-state index in [4.69, 9.17) is 23.2 Å². The third kappa shape index (κ3) is 9.40. The largest absolute Gasteiger partial charge is 0.350 e. The van der Waals surface area contributed by atoms with Crippen LogP contribution in [0.3, 0.4) is 0 Å². The van der Waals surface area contributed by atoms with Crippen LogP contribution in [0.1, 0.15) is 35.6 Å². The van der Waals surface area contributed by atoms with Crippen LogP contribution in [0.4, 0.5) is 0 Å². The Morgan fingerprint density at radius 2 is 1.43 bits per heavy atom. The number of benzene rings is 4. The Morgan fingerprint density at radius 1 is 0.795 bits per heavy atom. The molecular weight excluding hydrogens is 617 g/mol. The van der Waals surface area contributed by atoms with Gasteiger partial charge in [0.1, 0.15) is 6.04 Å². The van der Waals surface area contributed by atoms with Gasteiger partial charge in [0.25, 0.3) is 0 Å². The highest BCUT2D eigenvalue weighted by Crippen LogP contribution is 2.20. The molecule has 0 aliphatic heterocycles. The molecule has 230 valence electrons. The number of hydrogen-bond acceptors (Lipinski definition) is 4. The fourth-order valence-corrected chi connectivity index (χ4v) is 6.16. The summed E-state index contributed by atoms with van der Waals surface area (Å²) in [5.41, 5.74) is 3.33. The fourth-order valence-electron chi connectivity index (χ4n) is 4.79. The minimum absolute atomic E-state index is 0.121. The number of rotatable bonds is 14. The molecule has 0 radical (unpaired) electrons. The van der Waals surface area contributed by atoms with Crippen LogP contribution in [0.15, 0.2) is 108 Å². The van der Waals surface area contributed by atoms with Gasteiger partial charge in [-0.2, -0.15) is 0 Å². The quantitative estimate of drug-likeness (QED) is 0.170. The molecule has 7 nitrogen and oxygen atoms in total. The maximum atomic E-state index is 14.0. The number of carbonyl (C=O) groups is 2. The van der Waals surface area contributed by atoms with Gasteiger partial charge in [-0.25, -0.2) is 13.1 Å². The summed E-state index contributed by atoms with van der Waals surface area (Å²) >= 11 is 12.5. The molecule has 0 saturated heterocycles. The van der Waals surface area contributed by atoms with Crippen molar-refractivity contribution in [3.8, 4) is 0 Å². The molecule has 0 bridgehead atoms. The van der Waals surface area contributed by atoms with E-state index in [0.717, 1.165) is 22.3 Å². The summed E-state index contributed by atoms with van der Waals surface area (Å²) in [4.78, 5) is 29.6. The highest BCUT2D eigenvalue weighted by molar-refractivity contribution is 7.89. The van der Waals surface area contributed by atoms with Gasteiger partial charge in [0, 0.05) is 42.5 Å². The zero-order valence-electron chi connectivity index (χ0n) is 24.4. The van der Waals surface area contributed by atoms with Crippen molar-refractivity contribution >= 4 is 45.0 Å². The molecule has 1 atom stereocenters. The van der Waals surface area contributed by atoms with Crippen molar-refractivity contribution in [3.05, 3.63) is 135 Å². The number of halogens is 2. The van der Waals surface area contributed by atoms with Crippen molar-refractivity contribution in [2.45, 2.75) is 50.2 Å². The number of nitrogens with zero attached hydrogens (tertiary/aromatic N) is 1. The number of hydrogen-bond donors (Lipinski definition) is 2. The number of aryl methyl sites for hydroxylation is 1. The third-order valence-electron chi connectivity index (χ3n) is 7.14. The van der Waals surface area contributed by atoms with E-state index in [2.05, 4.69) is 10.0 Å². The van der Waals surface area contributed by atoms with E-state index in [1.807, 2.05) is 60.7 Å². The summed E-state index contributed by atoms with van der Waals surface area (Å²) in [5.74, 6) is -0.507. The van der Waals surface area contributed by atoms with E-state index in [1.54, 1.807) is 42.2 Å². The van der Waals surface area contributed by atoms with Crippen LogP contribution in [-0.2, 0) is 45.5 Å². The second-order valence-corrected chi connectivity index (χ2v) is 12.9. The lowest BCUT2D eigenvalue weighted by Gasteiger charge is -2.32. The van der Waals surface area contributed by atoms with Gasteiger partial charge in [-0.05, 0) is 59.0 Å². The fraction of sp³-hybridized carbons (Fsp3) is 0.235. The van der Waals surface area contributed by atoms with Gasteiger partial charge in [-0.1, -0.05) is 103 Å². The van der Waals surface area contributed by atoms with Crippen LogP contribution in [0.25, 0.3) is 0 Å². The lowest BCUT2D eigenvalue weighted by molar-refractivity contribution is -0.141. The summed E-state index contributed by atoms with van der Waals surface area (Å²) in [5, 5.41) is 4.11. The van der Waals surface area contributed by atoms with Gasteiger partial charge in [0.15, 0.2) is 0 Å². The molecule has 4 rings (SSSR count).